The average Bonchev–Trinajstić information content (AvgIpc) is 2.20. The topological polar surface area (TPSA) is 46.2 Å². The Morgan fingerprint density at radius 3 is 2.60 bits per heavy atom. The van der Waals surface area contributed by atoms with Gasteiger partial charge in [0, 0.05) is 11.3 Å². The average molecular weight is 201 g/mol. The molecular weight excluding hydrogens is 186 g/mol. The van der Waals surface area contributed by atoms with Crippen molar-refractivity contribution in [1.29, 1.82) is 0 Å². The van der Waals surface area contributed by atoms with Crippen molar-refractivity contribution in [1.82, 2.24) is 0 Å². The molecular formula is C13H15NO. The van der Waals surface area contributed by atoms with Gasteiger partial charge in [0.2, 0.25) is 0 Å². The summed E-state index contributed by atoms with van der Waals surface area (Å²) in [6.45, 7) is 4.07. The Balaban J connectivity index is 2.43. The quantitative estimate of drug-likeness (QED) is 0.772. The fourth-order valence-electron chi connectivity index (χ4n) is 1.95. The summed E-state index contributed by atoms with van der Waals surface area (Å²) < 4.78 is 0. The zero-order valence-corrected chi connectivity index (χ0v) is 9.04. The van der Waals surface area contributed by atoms with E-state index in [-0.39, 0.29) is 0 Å². The molecule has 0 aliphatic heterocycles. The number of aromatic hydroxyl groups is 1. The normalized spacial score (nSPS) is 14.9. The lowest BCUT2D eigenvalue weighted by molar-refractivity contribution is 0.469. The minimum Gasteiger partial charge on any atom is -0.508 e. The van der Waals surface area contributed by atoms with Gasteiger partial charge in [-0.1, -0.05) is 13.0 Å². The van der Waals surface area contributed by atoms with E-state index in [1.54, 1.807) is 6.07 Å². The van der Waals surface area contributed by atoms with Crippen LogP contribution in [0.5, 0.6) is 5.75 Å². The van der Waals surface area contributed by atoms with Crippen LogP contribution in [0, 0.1) is 0 Å². The number of allylic oxidation sites excluding steroid dienone is 3. The van der Waals surface area contributed by atoms with Crippen molar-refractivity contribution in [3.63, 3.8) is 0 Å². The standard InChI is InChI=1S/C13H15NO/c1-3-9-7-10(4-5-12(9)15)13-8(2)6-11(13)14/h4-7,15H,3,14H2,1-2H3. The number of rotatable bonds is 2. The van der Waals surface area contributed by atoms with Gasteiger partial charge in [-0.15, -0.1) is 0 Å². The lowest BCUT2D eigenvalue weighted by Crippen LogP contribution is -2.10. The molecule has 1 aromatic carbocycles. The van der Waals surface area contributed by atoms with Gasteiger partial charge < -0.3 is 10.8 Å². The Bertz CT molecular complexity index is 469. The highest BCUT2D eigenvalue weighted by Crippen LogP contribution is 2.34. The van der Waals surface area contributed by atoms with E-state index in [0.29, 0.717) is 5.75 Å². The predicted octanol–water partition coefficient (Wildman–Crippen LogP) is 2.58. The van der Waals surface area contributed by atoms with Crippen LogP contribution in [0.2, 0.25) is 0 Å². The zero-order chi connectivity index (χ0) is 11.0. The summed E-state index contributed by atoms with van der Waals surface area (Å²) in [4.78, 5) is 0. The van der Waals surface area contributed by atoms with E-state index in [1.807, 2.05) is 32.1 Å². The van der Waals surface area contributed by atoms with Crippen LogP contribution in [0.3, 0.4) is 0 Å². The van der Waals surface area contributed by atoms with E-state index in [1.165, 1.54) is 5.57 Å². The summed E-state index contributed by atoms with van der Waals surface area (Å²) in [6.07, 6.45) is 2.80. The van der Waals surface area contributed by atoms with Crippen LogP contribution in [-0.4, -0.2) is 5.11 Å². The van der Waals surface area contributed by atoms with Gasteiger partial charge in [-0.25, -0.2) is 0 Å². The number of nitrogens with two attached hydrogens (primary N) is 1. The molecule has 2 rings (SSSR count). The van der Waals surface area contributed by atoms with Crippen molar-refractivity contribution in [2.75, 3.05) is 0 Å². The van der Waals surface area contributed by atoms with Crippen LogP contribution in [-0.2, 0) is 6.42 Å². The van der Waals surface area contributed by atoms with Crippen LogP contribution in [0.25, 0.3) is 5.57 Å². The maximum atomic E-state index is 9.58. The second-order valence-corrected chi connectivity index (χ2v) is 3.85. The monoisotopic (exact) mass is 201 g/mol. The highest BCUT2D eigenvalue weighted by atomic mass is 16.3. The molecule has 1 aliphatic rings. The molecule has 0 saturated heterocycles. The Morgan fingerprint density at radius 1 is 1.33 bits per heavy atom. The van der Waals surface area contributed by atoms with Gasteiger partial charge in [0.05, 0.1) is 0 Å². The minimum absolute atomic E-state index is 0.362. The number of aryl methyl sites for hydroxylation is 1. The SMILES string of the molecule is CCc1cc(C2=C(C)C=C2N)ccc1O. The molecule has 0 aromatic heterocycles. The van der Waals surface area contributed by atoms with Gasteiger partial charge in [0.15, 0.2) is 0 Å². The molecule has 78 valence electrons. The summed E-state index contributed by atoms with van der Waals surface area (Å²) in [6, 6.07) is 5.65. The number of phenolic OH excluding ortho intramolecular Hbond substituents is 1. The van der Waals surface area contributed by atoms with Crippen LogP contribution in [0.4, 0.5) is 0 Å². The third-order valence-corrected chi connectivity index (χ3v) is 2.80. The molecule has 0 atom stereocenters. The minimum atomic E-state index is 0.362. The van der Waals surface area contributed by atoms with Crippen molar-refractivity contribution in [2.45, 2.75) is 20.3 Å². The molecule has 0 heterocycles. The smallest absolute Gasteiger partial charge is 0.118 e. The van der Waals surface area contributed by atoms with Crippen LogP contribution in [0.15, 0.2) is 35.5 Å². The Labute approximate surface area is 89.7 Å². The Morgan fingerprint density at radius 2 is 2.07 bits per heavy atom. The fraction of sp³-hybridized carbons (Fsp3) is 0.231. The summed E-state index contributed by atoms with van der Waals surface area (Å²) in [7, 11) is 0. The fourth-order valence-corrected chi connectivity index (χ4v) is 1.95. The van der Waals surface area contributed by atoms with Gasteiger partial charge >= 0.3 is 0 Å². The molecule has 0 bridgehead atoms. The molecule has 1 aliphatic carbocycles. The maximum Gasteiger partial charge on any atom is 0.118 e. The molecule has 0 spiro atoms. The lowest BCUT2D eigenvalue weighted by atomic mass is 9.88. The molecule has 2 heteroatoms. The van der Waals surface area contributed by atoms with E-state index < -0.39 is 0 Å². The first-order valence-electron chi connectivity index (χ1n) is 5.14. The zero-order valence-electron chi connectivity index (χ0n) is 9.04. The largest absolute Gasteiger partial charge is 0.508 e. The van der Waals surface area contributed by atoms with E-state index in [2.05, 4.69) is 0 Å². The highest BCUT2D eigenvalue weighted by Gasteiger charge is 2.16. The van der Waals surface area contributed by atoms with Crippen molar-refractivity contribution < 1.29 is 5.11 Å². The summed E-state index contributed by atoms with van der Waals surface area (Å²) >= 11 is 0. The van der Waals surface area contributed by atoms with Crippen LogP contribution < -0.4 is 5.73 Å². The van der Waals surface area contributed by atoms with Gasteiger partial charge in [-0.05, 0) is 48.3 Å². The van der Waals surface area contributed by atoms with Crippen LogP contribution in [0.1, 0.15) is 25.0 Å². The van der Waals surface area contributed by atoms with Crippen molar-refractivity contribution in [3.8, 4) is 5.75 Å². The molecule has 1 aromatic rings. The van der Waals surface area contributed by atoms with E-state index in [9.17, 15) is 5.11 Å². The van der Waals surface area contributed by atoms with Crippen LogP contribution >= 0.6 is 0 Å². The van der Waals surface area contributed by atoms with Gasteiger partial charge in [-0.3, -0.25) is 0 Å². The molecule has 3 N–H and O–H groups in total. The number of hydrogen-bond acceptors (Lipinski definition) is 2. The molecule has 0 fully saturated rings. The maximum absolute atomic E-state index is 9.58. The summed E-state index contributed by atoms with van der Waals surface area (Å²) in [5.41, 5.74) is 11.0. The second-order valence-electron chi connectivity index (χ2n) is 3.85. The first-order chi connectivity index (χ1) is 7.13. The first-order valence-corrected chi connectivity index (χ1v) is 5.14. The van der Waals surface area contributed by atoms with Gasteiger partial charge in [0.25, 0.3) is 0 Å². The first kappa shape index (κ1) is 9.84. The van der Waals surface area contributed by atoms with Crippen molar-refractivity contribution in [3.05, 3.63) is 46.7 Å². The van der Waals surface area contributed by atoms with Crippen molar-refractivity contribution in [2.24, 2.45) is 5.73 Å². The highest BCUT2D eigenvalue weighted by molar-refractivity contribution is 5.89. The Hall–Kier alpha value is -1.70. The lowest BCUT2D eigenvalue weighted by Gasteiger charge is -2.20. The molecule has 15 heavy (non-hydrogen) atoms. The third-order valence-electron chi connectivity index (χ3n) is 2.80. The van der Waals surface area contributed by atoms with Crippen molar-refractivity contribution >= 4 is 5.57 Å². The third kappa shape index (κ3) is 1.52. The number of phenols is 1. The van der Waals surface area contributed by atoms with Gasteiger partial charge in [-0.2, -0.15) is 0 Å². The molecule has 0 radical (unpaired) electrons. The summed E-state index contributed by atoms with van der Waals surface area (Å²) in [5.74, 6) is 0.362. The molecule has 2 nitrogen and oxygen atoms in total. The second kappa shape index (κ2) is 3.46. The molecule has 0 unspecified atom stereocenters. The number of benzene rings is 1. The van der Waals surface area contributed by atoms with E-state index in [0.717, 1.165) is 28.8 Å². The molecule has 0 amide bonds. The number of hydrogen-bond donors (Lipinski definition) is 2. The van der Waals surface area contributed by atoms with E-state index >= 15 is 0 Å². The van der Waals surface area contributed by atoms with Gasteiger partial charge in [0.1, 0.15) is 5.75 Å². The molecule has 0 saturated carbocycles. The van der Waals surface area contributed by atoms with E-state index in [4.69, 9.17) is 5.73 Å². The Kier molecular flexibility index (Phi) is 2.27. The predicted molar refractivity (Wildman–Crippen MR) is 62.3 cm³/mol. The summed E-state index contributed by atoms with van der Waals surface area (Å²) in [5, 5.41) is 9.58.